The molecule has 0 bridgehead atoms. The van der Waals surface area contributed by atoms with Gasteiger partial charge in [-0.1, -0.05) is 0 Å². The van der Waals surface area contributed by atoms with Crippen molar-refractivity contribution in [3.05, 3.63) is 0 Å². The molecule has 0 aromatic rings. The van der Waals surface area contributed by atoms with Crippen LogP contribution in [0.1, 0.15) is 0 Å². The zero-order chi connectivity index (χ0) is 7.40. The smallest absolute Gasteiger partial charge is 0.104 e. The molecule has 0 spiro atoms. The first-order chi connectivity index (χ1) is 4.86. The minimum atomic E-state index is -0.150. The standard InChI is InChI=1S/C6H13NO3/c7-1-5-3-10-6(2-8)4-9-5/h5-6,8H,1-4,7H2/t5-,6+/m0/s1. The molecule has 1 aliphatic rings. The number of aliphatic hydroxyl groups excluding tert-OH is 1. The van der Waals surface area contributed by atoms with Gasteiger partial charge in [0.25, 0.3) is 0 Å². The lowest BCUT2D eigenvalue weighted by molar-refractivity contribution is -0.141. The summed E-state index contributed by atoms with van der Waals surface area (Å²) in [6, 6.07) is 0. The molecule has 4 heteroatoms. The molecule has 0 radical (unpaired) electrons. The molecule has 4 nitrogen and oxygen atoms in total. The van der Waals surface area contributed by atoms with Crippen molar-refractivity contribution in [1.82, 2.24) is 0 Å². The average molecular weight is 147 g/mol. The van der Waals surface area contributed by atoms with Gasteiger partial charge in [0.05, 0.1) is 25.9 Å². The number of rotatable bonds is 2. The fourth-order valence-corrected chi connectivity index (χ4v) is 0.825. The average Bonchev–Trinajstić information content (AvgIpc) is 2.05. The number of hydrogen-bond acceptors (Lipinski definition) is 4. The number of aliphatic hydroxyl groups is 1. The third kappa shape index (κ3) is 1.91. The Kier molecular flexibility index (Phi) is 3.08. The van der Waals surface area contributed by atoms with Crippen molar-refractivity contribution >= 4 is 0 Å². The Morgan fingerprint density at radius 2 is 1.90 bits per heavy atom. The third-order valence-electron chi connectivity index (χ3n) is 1.50. The Bertz CT molecular complexity index is 79.0. The highest BCUT2D eigenvalue weighted by Gasteiger charge is 2.19. The summed E-state index contributed by atoms with van der Waals surface area (Å²) in [7, 11) is 0. The lowest BCUT2D eigenvalue weighted by atomic mass is 10.3. The molecule has 3 N–H and O–H groups in total. The second-order valence-corrected chi connectivity index (χ2v) is 2.33. The molecule has 1 rings (SSSR count). The summed E-state index contributed by atoms with van der Waals surface area (Å²) < 4.78 is 10.4. The van der Waals surface area contributed by atoms with Gasteiger partial charge in [-0.2, -0.15) is 0 Å². The van der Waals surface area contributed by atoms with E-state index in [9.17, 15) is 0 Å². The minimum Gasteiger partial charge on any atom is -0.394 e. The lowest BCUT2D eigenvalue weighted by Gasteiger charge is -2.27. The van der Waals surface area contributed by atoms with E-state index in [4.69, 9.17) is 20.3 Å². The van der Waals surface area contributed by atoms with Crippen LogP contribution < -0.4 is 5.73 Å². The molecule has 60 valence electrons. The van der Waals surface area contributed by atoms with Crippen LogP contribution in [-0.4, -0.2) is 43.7 Å². The van der Waals surface area contributed by atoms with Crippen LogP contribution in [0.4, 0.5) is 0 Å². The molecule has 0 amide bonds. The predicted octanol–water partition coefficient (Wildman–Crippen LogP) is -1.28. The zero-order valence-electron chi connectivity index (χ0n) is 5.82. The van der Waals surface area contributed by atoms with Gasteiger partial charge in [-0.05, 0) is 0 Å². The van der Waals surface area contributed by atoms with Crippen molar-refractivity contribution in [1.29, 1.82) is 0 Å². The molecular formula is C6H13NO3. The van der Waals surface area contributed by atoms with E-state index in [1.54, 1.807) is 0 Å². The molecule has 1 saturated heterocycles. The fourth-order valence-electron chi connectivity index (χ4n) is 0.825. The van der Waals surface area contributed by atoms with Crippen LogP contribution in [0.25, 0.3) is 0 Å². The lowest BCUT2D eigenvalue weighted by Crippen LogP contribution is -2.41. The van der Waals surface area contributed by atoms with Crippen LogP contribution in [0.2, 0.25) is 0 Å². The van der Waals surface area contributed by atoms with E-state index >= 15 is 0 Å². The molecule has 1 heterocycles. The normalized spacial score (nSPS) is 34.2. The van der Waals surface area contributed by atoms with Crippen LogP contribution in [0.15, 0.2) is 0 Å². The highest BCUT2D eigenvalue weighted by Crippen LogP contribution is 2.04. The Hall–Kier alpha value is -0.160. The van der Waals surface area contributed by atoms with Gasteiger partial charge in [-0.3, -0.25) is 0 Å². The number of hydrogen-bond donors (Lipinski definition) is 2. The molecule has 0 saturated carbocycles. The van der Waals surface area contributed by atoms with Gasteiger partial charge < -0.3 is 20.3 Å². The van der Waals surface area contributed by atoms with Crippen LogP contribution in [0, 0.1) is 0 Å². The Morgan fingerprint density at radius 3 is 2.30 bits per heavy atom. The quantitative estimate of drug-likeness (QED) is 0.510. The van der Waals surface area contributed by atoms with Gasteiger partial charge in [0.15, 0.2) is 0 Å². The second kappa shape index (κ2) is 3.88. The molecule has 1 aliphatic heterocycles. The first-order valence-electron chi connectivity index (χ1n) is 3.41. The fraction of sp³-hybridized carbons (Fsp3) is 1.00. The van der Waals surface area contributed by atoms with Gasteiger partial charge in [0.1, 0.15) is 6.10 Å². The Morgan fingerprint density at radius 1 is 1.30 bits per heavy atom. The molecule has 1 fully saturated rings. The first kappa shape index (κ1) is 7.94. The molecule has 0 aromatic carbocycles. The Balaban J connectivity index is 2.17. The first-order valence-corrected chi connectivity index (χ1v) is 3.41. The van der Waals surface area contributed by atoms with Crippen molar-refractivity contribution in [2.75, 3.05) is 26.4 Å². The van der Waals surface area contributed by atoms with Crippen molar-refractivity contribution < 1.29 is 14.6 Å². The van der Waals surface area contributed by atoms with Gasteiger partial charge in [-0.15, -0.1) is 0 Å². The summed E-state index contributed by atoms with van der Waals surface area (Å²) in [6.07, 6.45) is -0.134. The van der Waals surface area contributed by atoms with Crippen LogP contribution in [0.5, 0.6) is 0 Å². The summed E-state index contributed by atoms with van der Waals surface area (Å²) in [4.78, 5) is 0. The molecular weight excluding hydrogens is 134 g/mol. The van der Waals surface area contributed by atoms with E-state index in [2.05, 4.69) is 0 Å². The molecule has 0 unspecified atom stereocenters. The summed E-state index contributed by atoms with van der Waals surface area (Å²) >= 11 is 0. The maximum absolute atomic E-state index is 8.61. The molecule has 2 atom stereocenters. The highest BCUT2D eigenvalue weighted by atomic mass is 16.6. The molecule has 10 heavy (non-hydrogen) atoms. The van der Waals surface area contributed by atoms with Gasteiger partial charge in [0.2, 0.25) is 0 Å². The third-order valence-corrected chi connectivity index (χ3v) is 1.50. The highest BCUT2D eigenvalue weighted by molar-refractivity contribution is 4.66. The molecule has 0 aliphatic carbocycles. The van der Waals surface area contributed by atoms with Crippen molar-refractivity contribution in [2.45, 2.75) is 12.2 Å². The van der Waals surface area contributed by atoms with Gasteiger partial charge in [0, 0.05) is 6.54 Å². The van der Waals surface area contributed by atoms with E-state index in [0.717, 1.165) is 0 Å². The topological polar surface area (TPSA) is 64.7 Å². The Labute approximate surface area is 59.9 Å². The van der Waals surface area contributed by atoms with E-state index in [0.29, 0.717) is 19.8 Å². The van der Waals surface area contributed by atoms with Crippen LogP contribution in [0.3, 0.4) is 0 Å². The SMILES string of the molecule is NC[C@H]1CO[C@H](CO)CO1. The van der Waals surface area contributed by atoms with Crippen molar-refractivity contribution in [3.63, 3.8) is 0 Å². The maximum Gasteiger partial charge on any atom is 0.104 e. The van der Waals surface area contributed by atoms with E-state index in [1.807, 2.05) is 0 Å². The summed E-state index contributed by atoms with van der Waals surface area (Å²) in [5.74, 6) is 0. The molecule has 0 aromatic heterocycles. The van der Waals surface area contributed by atoms with Crippen molar-refractivity contribution in [2.24, 2.45) is 5.73 Å². The summed E-state index contributed by atoms with van der Waals surface area (Å²) in [6.45, 7) is 1.47. The number of nitrogens with two attached hydrogens (primary N) is 1. The number of ether oxygens (including phenoxy) is 2. The predicted molar refractivity (Wildman–Crippen MR) is 35.6 cm³/mol. The van der Waals surface area contributed by atoms with Crippen LogP contribution in [-0.2, 0) is 9.47 Å². The van der Waals surface area contributed by atoms with E-state index in [1.165, 1.54) is 0 Å². The van der Waals surface area contributed by atoms with Gasteiger partial charge in [-0.25, -0.2) is 0 Å². The largest absolute Gasteiger partial charge is 0.394 e. The van der Waals surface area contributed by atoms with Crippen LogP contribution >= 0.6 is 0 Å². The van der Waals surface area contributed by atoms with Crippen molar-refractivity contribution in [3.8, 4) is 0 Å². The summed E-state index contributed by atoms with van der Waals surface area (Å²) in [5.41, 5.74) is 5.32. The summed E-state index contributed by atoms with van der Waals surface area (Å²) in [5, 5.41) is 8.61. The van der Waals surface area contributed by atoms with E-state index < -0.39 is 0 Å². The monoisotopic (exact) mass is 147 g/mol. The second-order valence-electron chi connectivity index (χ2n) is 2.33. The maximum atomic E-state index is 8.61. The zero-order valence-corrected chi connectivity index (χ0v) is 5.82. The van der Waals surface area contributed by atoms with E-state index in [-0.39, 0.29) is 18.8 Å². The van der Waals surface area contributed by atoms with Gasteiger partial charge >= 0.3 is 0 Å². The minimum absolute atomic E-state index is 0.0165.